The van der Waals surface area contributed by atoms with Crippen molar-refractivity contribution >= 4 is 32.2 Å². The van der Waals surface area contributed by atoms with Gasteiger partial charge in [-0.2, -0.15) is 12.1 Å². The molecule has 0 spiro atoms. The molecule has 0 aliphatic carbocycles. The van der Waals surface area contributed by atoms with Crippen LogP contribution in [0.1, 0.15) is 17.7 Å². The Hall–Kier alpha value is 0.104. The smallest absolute Gasteiger partial charge is 0.226 e. The largest absolute Gasteiger partial charge is 0.387 e. The Labute approximate surface area is 145 Å². The minimum absolute atomic E-state index is 0. The molecule has 2 rings (SSSR count). The molecule has 1 unspecified atom stereocenters. The van der Waals surface area contributed by atoms with Crippen molar-refractivity contribution in [3.05, 3.63) is 34.6 Å². The first-order valence-electron chi connectivity index (χ1n) is 5.86. The van der Waals surface area contributed by atoms with Gasteiger partial charge in [-0.05, 0) is 12.6 Å². The van der Waals surface area contributed by atoms with Gasteiger partial charge in [0.25, 0.3) is 0 Å². The third-order valence-electron chi connectivity index (χ3n) is 2.81. The van der Waals surface area contributed by atoms with Crippen molar-refractivity contribution in [2.24, 2.45) is 0 Å². The van der Waals surface area contributed by atoms with Crippen LogP contribution in [-0.4, -0.2) is 38.4 Å². The van der Waals surface area contributed by atoms with Crippen molar-refractivity contribution in [2.45, 2.75) is 25.5 Å². The fourth-order valence-corrected chi connectivity index (χ4v) is 2.48. The maximum absolute atomic E-state index is 11.6. The summed E-state index contributed by atoms with van der Waals surface area (Å²) in [5.74, 6) is 1.80. The fraction of sp³-hybridized carbons (Fsp3) is 0.417. The van der Waals surface area contributed by atoms with E-state index in [2.05, 4.69) is 5.38 Å². The van der Waals surface area contributed by atoms with Crippen molar-refractivity contribution < 1.29 is 42.2 Å². The maximum atomic E-state index is 11.6. The summed E-state index contributed by atoms with van der Waals surface area (Å²) in [6.07, 6.45) is 3.14. The Morgan fingerprint density at radius 2 is 2.53 bits per heavy atom. The average Bonchev–Trinajstić information content (AvgIpc) is 2.98. The van der Waals surface area contributed by atoms with E-state index in [1.54, 1.807) is 28.4 Å². The molecule has 1 fully saturated rings. The van der Waals surface area contributed by atoms with Gasteiger partial charge in [0, 0.05) is 53.5 Å². The first-order chi connectivity index (χ1) is 8.81. The molecule has 1 atom stereocenters. The molecule has 1 aromatic heterocycles. The van der Waals surface area contributed by atoms with Crippen LogP contribution in [0, 0.1) is 5.38 Å². The van der Waals surface area contributed by atoms with Gasteiger partial charge >= 0.3 is 0 Å². The van der Waals surface area contributed by atoms with Crippen LogP contribution in [0.15, 0.2) is 24.3 Å². The SMILES string of the molecule is [B][B]/C=C/N1C(=O)CCC1COCc1cc[c-]s1.[Y]. The van der Waals surface area contributed by atoms with Crippen LogP contribution in [0.5, 0.6) is 0 Å². The van der Waals surface area contributed by atoms with Gasteiger partial charge in [-0.3, -0.25) is 16.1 Å². The summed E-state index contributed by atoms with van der Waals surface area (Å²) in [5.41, 5.74) is 0. The van der Waals surface area contributed by atoms with Crippen LogP contribution in [0.25, 0.3) is 0 Å². The molecule has 1 aromatic rings. The molecular weight excluding hydrogens is 333 g/mol. The Bertz CT molecular complexity index is 414. The number of amides is 1. The standard InChI is InChI=1S/C12H13B2NO2S.Y/c13-14-5-6-15-10(3-4-12(15)16)8-17-9-11-2-1-7-18-11;/h1-2,5-6,10H,3-4,8-9H2;/q-1;/b6-5+;. The Morgan fingerprint density at radius 1 is 1.68 bits per heavy atom. The van der Waals surface area contributed by atoms with Gasteiger partial charge in [0.2, 0.25) is 5.91 Å². The quantitative estimate of drug-likeness (QED) is 0.575. The topological polar surface area (TPSA) is 29.5 Å². The second kappa shape index (κ2) is 9.12. The van der Waals surface area contributed by atoms with Crippen LogP contribution in [0.2, 0.25) is 0 Å². The fourth-order valence-electron chi connectivity index (χ4n) is 1.92. The molecule has 1 amide bonds. The molecule has 3 nitrogen and oxygen atoms in total. The summed E-state index contributed by atoms with van der Waals surface area (Å²) in [7, 11) is 6.70. The van der Waals surface area contributed by atoms with E-state index >= 15 is 0 Å². The van der Waals surface area contributed by atoms with Crippen LogP contribution < -0.4 is 0 Å². The van der Waals surface area contributed by atoms with Crippen LogP contribution in [-0.2, 0) is 48.8 Å². The van der Waals surface area contributed by atoms with Crippen LogP contribution in [0.3, 0.4) is 0 Å². The van der Waals surface area contributed by atoms with Crippen molar-refractivity contribution in [3.63, 3.8) is 0 Å². The first kappa shape index (κ1) is 17.2. The monoisotopic (exact) mass is 346 g/mol. The number of hydrogen-bond acceptors (Lipinski definition) is 3. The third-order valence-corrected chi connectivity index (χ3v) is 3.58. The van der Waals surface area contributed by atoms with Crippen molar-refractivity contribution in [2.75, 3.05) is 6.61 Å². The molecule has 1 aliphatic heterocycles. The van der Waals surface area contributed by atoms with Gasteiger partial charge in [0.15, 0.2) is 0 Å². The second-order valence-electron chi connectivity index (χ2n) is 4.06. The van der Waals surface area contributed by atoms with Crippen LogP contribution >= 0.6 is 11.3 Å². The maximum Gasteiger partial charge on any atom is 0.226 e. The van der Waals surface area contributed by atoms with Gasteiger partial charge < -0.3 is 9.64 Å². The molecule has 0 aromatic carbocycles. The molecule has 0 bridgehead atoms. The molecule has 94 valence electrons. The molecule has 4 radical (unpaired) electrons. The van der Waals surface area contributed by atoms with E-state index in [1.807, 2.05) is 12.1 Å². The van der Waals surface area contributed by atoms with E-state index < -0.39 is 0 Å². The van der Waals surface area contributed by atoms with Gasteiger partial charge in [0.1, 0.15) is 0 Å². The van der Waals surface area contributed by atoms with Gasteiger partial charge in [0.05, 0.1) is 19.8 Å². The number of rotatable bonds is 6. The summed E-state index contributed by atoms with van der Waals surface area (Å²) in [4.78, 5) is 14.5. The van der Waals surface area contributed by atoms with Gasteiger partial charge in [-0.25, -0.2) is 0 Å². The van der Waals surface area contributed by atoms with Crippen molar-refractivity contribution in [1.29, 1.82) is 0 Å². The second-order valence-corrected chi connectivity index (χ2v) is 5.03. The summed E-state index contributed by atoms with van der Waals surface area (Å²) < 4.78 is 5.64. The number of carbonyl (C=O) groups excluding carboxylic acids is 1. The molecule has 0 saturated carbocycles. The number of thiophene rings is 1. The van der Waals surface area contributed by atoms with Crippen LogP contribution in [0.4, 0.5) is 0 Å². The molecule has 1 saturated heterocycles. The van der Waals surface area contributed by atoms with E-state index in [0.717, 1.165) is 11.3 Å². The molecule has 1 aliphatic rings. The summed E-state index contributed by atoms with van der Waals surface area (Å²) in [6.45, 7) is 1.14. The van der Waals surface area contributed by atoms with E-state index in [-0.39, 0.29) is 44.7 Å². The zero-order valence-corrected chi connectivity index (χ0v) is 14.3. The Kier molecular flexibility index (Phi) is 8.23. The number of nitrogens with zero attached hydrogens (tertiary/aromatic N) is 1. The first-order valence-corrected chi connectivity index (χ1v) is 6.68. The predicted molar refractivity (Wildman–Crippen MR) is 73.3 cm³/mol. The van der Waals surface area contributed by atoms with E-state index in [9.17, 15) is 4.79 Å². The van der Waals surface area contributed by atoms with E-state index in [4.69, 9.17) is 12.5 Å². The third kappa shape index (κ3) is 5.18. The van der Waals surface area contributed by atoms with Gasteiger partial charge in [-0.1, -0.05) is 0 Å². The zero-order valence-electron chi connectivity index (χ0n) is 10.6. The normalized spacial score (nSPS) is 18.8. The minimum atomic E-state index is 0. The molecular formula is C12H13B2NO2SY-. The summed E-state index contributed by atoms with van der Waals surface area (Å²) in [5, 5.41) is 3.02. The van der Waals surface area contributed by atoms with E-state index in [1.165, 1.54) is 7.17 Å². The Balaban J connectivity index is 0.00000180. The van der Waals surface area contributed by atoms with Crippen molar-refractivity contribution in [1.82, 2.24) is 4.90 Å². The molecule has 2 heterocycles. The van der Waals surface area contributed by atoms with Gasteiger partial charge in [-0.15, -0.1) is 16.2 Å². The molecule has 19 heavy (non-hydrogen) atoms. The number of carbonyl (C=O) groups is 1. The number of ether oxygens (including phenoxy) is 1. The summed E-state index contributed by atoms with van der Waals surface area (Å²) >= 11 is 1.55. The zero-order chi connectivity index (χ0) is 12.8. The van der Waals surface area contributed by atoms with E-state index in [0.29, 0.717) is 19.6 Å². The Morgan fingerprint density at radius 3 is 3.21 bits per heavy atom. The summed E-state index contributed by atoms with van der Waals surface area (Å²) in [6, 6.07) is 4.00. The average molecular weight is 346 g/mol. The van der Waals surface area contributed by atoms with Crippen molar-refractivity contribution in [3.8, 4) is 0 Å². The predicted octanol–water partition coefficient (Wildman–Crippen LogP) is 1.31. The molecule has 7 heteroatoms. The number of hydrogen-bond donors (Lipinski definition) is 0. The minimum Gasteiger partial charge on any atom is -0.387 e. The molecule has 0 N–H and O–H groups in total. The number of likely N-dealkylation sites (tertiary alicyclic amines) is 1.